The monoisotopic (exact) mass is 270 g/mol. The molecule has 3 rings (SSSR count). The van der Waals surface area contributed by atoms with Gasteiger partial charge in [0, 0.05) is 29.9 Å². The SMILES string of the molecule is Cc1cc(C)c(CNc2ccnc(C3CC3)n2)c(=O)[nH]1. The van der Waals surface area contributed by atoms with Gasteiger partial charge < -0.3 is 10.3 Å². The number of H-pyrrole nitrogens is 1. The van der Waals surface area contributed by atoms with Crippen molar-refractivity contribution < 1.29 is 0 Å². The zero-order valence-corrected chi connectivity index (χ0v) is 11.7. The van der Waals surface area contributed by atoms with Crippen LogP contribution in [0, 0.1) is 13.8 Å². The van der Waals surface area contributed by atoms with Crippen molar-refractivity contribution in [3.8, 4) is 0 Å². The van der Waals surface area contributed by atoms with E-state index in [-0.39, 0.29) is 5.56 Å². The first-order chi connectivity index (χ1) is 9.63. The Hall–Kier alpha value is -2.17. The average molecular weight is 270 g/mol. The molecule has 1 saturated carbocycles. The zero-order valence-electron chi connectivity index (χ0n) is 11.7. The summed E-state index contributed by atoms with van der Waals surface area (Å²) in [4.78, 5) is 23.5. The molecule has 0 bridgehead atoms. The van der Waals surface area contributed by atoms with Crippen LogP contribution in [-0.4, -0.2) is 15.0 Å². The minimum atomic E-state index is -0.0357. The van der Waals surface area contributed by atoms with Gasteiger partial charge >= 0.3 is 0 Å². The molecule has 2 aromatic rings. The Morgan fingerprint density at radius 2 is 2.20 bits per heavy atom. The highest BCUT2D eigenvalue weighted by Crippen LogP contribution is 2.38. The maximum Gasteiger partial charge on any atom is 0.253 e. The van der Waals surface area contributed by atoms with E-state index in [2.05, 4.69) is 20.3 Å². The lowest BCUT2D eigenvalue weighted by Crippen LogP contribution is -2.18. The highest BCUT2D eigenvalue weighted by molar-refractivity contribution is 5.36. The van der Waals surface area contributed by atoms with E-state index in [0.29, 0.717) is 12.5 Å². The molecule has 0 amide bonds. The second-order valence-corrected chi connectivity index (χ2v) is 5.37. The number of hydrogen-bond acceptors (Lipinski definition) is 4. The van der Waals surface area contributed by atoms with Crippen molar-refractivity contribution in [2.24, 2.45) is 0 Å². The molecule has 0 aliphatic heterocycles. The molecule has 2 heterocycles. The van der Waals surface area contributed by atoms with Gasteiger partial charge in [-0.05, 0) is 44.4 Å². The van der Waals surface area contributed by atoms with Gasteiger partial charge in [0.2, 0.25) is 0 Å². The van der Waals surface area contributed by atoms with E-state index in [4.69, 9.17) is 0 Å². The molecule has 1 fully saturated rings. The van der Waals surface area contributed by atoms with Gasteiger partial charge in [0.1, 0.15) is 11.6 Å². The molecule has 20 heavy (non-hydrogen) atoms. The Kier molecular flexibility index (Phi) is 3.26. The summed E-state index contributed by atoms with van der Waals surface area (Å²) in [6, 6.07) is 3.82. The van der Waals surface area contributed by atoms with Crippen molar-refractivity contribution in [2.75, 3.05) is 5.32 Å². The lowest BCUT2D eigenvalue weighted by atomic mass is 10.1. The molecule has 0 saturated heterocycles. The standard InChI is InChI=1S/C15H18N4O/c1-9-7-10(2)18-15(20)12(9)8-17-13-5-6-16-14(19-13)11-3-4-11/h5-7,11H,3-4,8H2,1-2H3,(H,18,20)(H,16,17,19). The molecule has 1 aliphatic rings. The molecule has 2 N–H and O–H groups in total. The highest BCUT2D eigenvalue weighted by atomic mass is 16.1. The predicted octanol–water partition coefficient (Wildman–Crippen LogP) is 2.27. The number of rotatable bonds is 4. The maximum absolute atomic E-state index is 11.9. The number of hydrogen-bond donors (Lipinski definition) is 2. The molecular formula is C15H18N4O. The predicted molar refractivity (Wildman–Crippen MR) is 77.9 cm³/mol. The first kappa shape index (κ1) is 12.8. The first-order valence-electron chi connectivity index (χ1n) is 6.89. The van der Waals surface area contributed by atoms with Crippen LogP contribution in [0.5, 0.6) is 0 Å². The third kappa shape index (κ3) is 2.71. The Balaban J connectivity index is 1.76. The summed E-state index contributed by atoms with van der Waals surface area (Å²) in [5.41, 5.74) is 2.60. The number of nitrogens with one attached hydrogen (secondary N) is 2. The van der Waals surface area contributed by atoms with Crippen LogP contribution < -0.4 is 10.9 Å². The second-order valence-electron chi connectivity index (χ2n) is 5.37. The number of aryl methyl sites for hydroxylation is 2. The molecule has 0 unspecified atom stereocenters. The summed E-state index contributed by atoms with van der Waals surface area (Å²) < 4.78 is 0. The minimum Gasteiger partial charge on any atom is -0.366 e. The third-order valence-electron chi connectivity index (χ3n) is 3.56. The summed E-state index contributed by atoms with van der Waals surface area (Å²) in [5, 5.41) is 3.21. The van der Waals surface area contributed by atoms with Crippen molar-refractivity contribution in [3.05, 3.63) is 51.3 Å². The van der Waals surface area contributed by atoms with E-state index >= 15 is 0 Å². The van der Waals surface area contributed by atoms with Gasteiger partial charge in [-0.25, -0.2) is 9.97 Å². The summed E-state index contributed by atoms with van der Waals surface area (Å²) in [6.45, 7) is 4.31. The molecule has 0 aromatic carbocycles. The number of aromatic amines is 1. The van der Waals surface area contributed by atoms with Gasteiger partial charge in [-0.1, -0.05) is 0 Å². The lowest BCUT2D eigenvalue weighted by molar-refractivity contribution is 0.916. The molecule has 0 radical (unpaired) electrons. The maximum atomic E-state index is 11.9. The number of pyridine rings is 1. The van der Waals surface area contributed by atoms with E-state index in [1.54, 1.807) is 6.20 Å². The van der Waals surface area contributed by atoms with Crippen molar-refractivity contribution in [3.63, 3.8) is 0 Å². The van der Waals surface area contributed by atoms with Gasteiger partial charge in [-0.15, -0.1) is 0 Å². The summed E-state index contributed by atoms with van der Waals surface area (Å²) >= 11 is 0. The van der Waals surface area contributed by atoms with E-state index in [1.807, 2.05) is 26.0 Å². The van der Waals surface area contributed by atoms with Gasteiger partial charge in [-0.2, -0.15) is 0 Å². The Labute approximate surface area is 117 Å². The second kappa shape index (κ2) is 5.07. The summed E-state index contributed by atoms with van der Waals surface area (Å²) in [6.07, 6.45) is 4.13. The molecule has 5 nitrogen and oxygen atoms in total. The molecule has 5 heteroatoms. The number of anilines is 1. The van der Waals surface area contributed by atoms with Crippen molar-refractivity contribution in [2.45, 2.75) is 39.2 Å². The van der Waals surface area contributed by atoms with Gasteiger partial charge in [-0.3, -0.25) is 4.79 Å². The fraction of sp³-hybridized carbons (Fsp3) is 0.400. The Morgan fingerprint density at radius 3 is 2.90 bits per heavy atom. The Morgan fingerprint density at radius 1 is 1.40 bits per heavy atom. The van der Waals surface area contributed by atoms with Crippen LogP contribution in [-0.2, 0) is 6.54 Å². The zero-order chi connectivity index (χ0) is 14.1. The highest BCUT2D eigenvalue weighted by Gasteiger charge is 2.26. The molecule has 2 aromatic heterocycles. The number of nitrogens with zero attached hydrogens (tertiary/aromatic N) is 2. The summed E-state index contributed by atoms with van der Waals surface area (Å²) in [7, 11) is 0. The van der Waals surface area contributed by atoms with Gasteiger partial charge in [0.05, 0.1) is 0 Å². The topological polar surface area (TPSA) is 70.7 Å². The third-order valence-corrected chi connectivity index (χ3v) is 3.56. The lowest BCUT2D eigenvalue weighted by Gasteiger charge is -2.09. The van der Waals surface area contributed by atoms with Crippen LogP contribution in [0.15, 0.2) is 23.1 Å². The normalized spacial score (nSPS) is 14.3. The van der Waals surface area contributed by atoms with E-state index in [0.717, 1.165) is 28.5 Å². The van der Waals surface area contributed by atoms with Crippen LogP contribution >= 0.6 is 0 Å². The van der Waals surface area contributed by atoms with Crippen LogP contribution in [0.3, 0.4) is 0 Å². The van der Waals surface area contributed by atoms with Crippen LogP contribution in [0.1, 0.15) is 41.4 Å². The van der Waals surface area contributed by atoms with Crippen LogP contribution in [0.2, 0.25) is 0 Å². The fourth-order valence-corrected chi connectivity index (χ4v) is 2.29. The van der Waals surface area contributed by atoms with E-state index in [9.17, 15) is 4.79 Å². The van der Waals surface area contributed by atoms with Gasteiger partial charge in [0.25, 0.3) is 5.56 Å². The smallest absolute Gasteiger partial charge is 0.253 e. The van der Waals surface area contributed by atoms with Crippen LogP contribution in [0.25, 0.3) is 0 Å². The van der Waals surface area contributed by atoms with Crippen molar-refractivity contribution >= 4 is 5.82 Å². The molecular weight excluding hydrogens is 252 g/mol. The average Bonchev–Trinajstić information content (AvgIpc) is 3.22. The largest absolute Gasteiger partial charge is 0.366 e. The minimum absolute atomic E-state index is 0.0357. The molecule has 0 spiro atoms. The quantitative estimate of drug-likeness (QED) is 0.894. The molecule has 0 atom stereocenters. The van der Waals surface area contributed by atoms with Gasteiger partial charge in [0.15, 0.2) is 0 Å². The molecule has 1 aliphatic carbocycles. The van der Waals surface area contributed by atoms with E-state index in [1.165, 1.54) is 12.8 Å². The summed E-state index contributed by atoms with van der Waals surface area (Å²) in [5.74, 6) is 2.21. The van der Waals surface area contributed by atoms with E-state index < -0.39 is 0 Å². The Bertz CT molecular complexity index is 689. The van der Waals surface area contributed by atoms with Crippen molar-refractivity contribution in [1.29, 1.82) is 0 Å². The first-order valence-corrected chi connectivity index (χ1v) is 6.89. The fourth-order valence-electron chi connectivity index (χ4n) is 2.29. The van der Waals surface area contributed by atoms with Crippen molar-refractivity contribution in [1.82, 2.24) is 15.0 Å². The molecule has 104 valence electrons. The number of aromatic nitrogens is 3. The van der Waals surface area contributed by atoms with Crippen LogP contribution in [0.4, 0.5) is 5.82 Å².